The Morgan fingerprint density at radius 1 is 1.36 bits per heavy atom. The van der Waals surface area contributed by atoms with Gasteiger partial charge in [0.25, 0.3) is 0 Å². The van der Waals surface area contributed by atoms with Crippen LogP contribution in [0.3, 0.4) is 0 Å². The Labute approximate surface area is 87.0 Å². The van der Waals surface area contributed by atoms with E-state index in [1.807, 2.05) is 0 Å². The summed E-state index contributed by atoms with van der Waals surface area (Å²) in [4.78, 5) is 0. The molecule has 0 fully saturated rings. The summed E-state index contributed by atoms with van der Waals surface area (Å²) < 4.78 is 24.6. The van der Waals surface area contributed by atoms with E-state index < -0.39 is 15.3 Å². The zero-order valence-electron chi connectivity index (χ0n) is 9.23. The summed E-state index contributed by atoms with van der Waals surface area (Å²) >= 11 is 0. The largest absolute Gasteiger partial charge is 0.395 e. The van der Waals surface area contributed by atoms with E-state index >= 15 is 0 Å². The molecule has 0 aromatic carbocycles. The molecule has 0 aliphatic heterocycles. The molecule has 0 bridgehead atoms. The Balaban J connectivity index is 4.15. The smallest absolute Gasteiger partial charge is 0.218 e. The van der Waals surface area contributed by atoms with Crippen LogP contribution in [0.1, 0.15) is 33.1 Å². The summed E-state index contributed by atoms with van der Waals surface area (Å²) in [6, 6.07) is 0. The molecule has 0 aliphatic carbocycles. The van der Waals surface area contributed by atoms with Gasteiger partial charge in [0.2, 0.25) is 10.0 Å². The van der Waals surface area contributed by atoms with Crippen molar-refractivity contribution in [3.05, 3.63) is 0 Å². The first kappa shape index (κ1) is 13.9. The van der Waals surface area contributed by atoms with E-state index in [4.69, 9.17) is 5.11 Å². The van der Waals surface area contributed by atoms with Crippen LogP contribution in [-0.2, 0) is 10.0 Å². The molecule has 0 saturated heterocycles. The van der Waals surface area contributed by atoms with Gasteiger partial charge < -0.3 is 5.11 Å². The fraction of sp³-hybridized carbons (Fsp3) is 1.00. The summed E-state index contributed by atoms with van der Waals surface area (Å²) in [6.07, 6.45) is 2.99. The van der Waals surface area contributed by atoms with Gasteiger partial charge in [0, 0.05) is 13.6 Å². The third-order valence-corrected chi connectivity index (χ3v) is 4.49. The fourth-order valence-corrected chi connectivity index (χ4v) is 2.30. The number of hydrogen-bond donors (Lipinski definition) is 1. The van der Waals surface area contributed by atoms with Gasteiger partial charge in [-0.05, 0) is 13.3 Å². The fourth-order valence-electron chi connectivity index (χ4n) is 1.11. The van der Waals surface area contributed by atoms with E-state index in [2.05, 4.69) is 6.92 Å². The molecule has 0 spiro atoms. The Morgan fingerprint density at radius 3 is 2.36 bits per heavy atom. The van der Waals surface area contributed by atoms with Gasteiger partial charge in [-0.25, -0.2) is 12.7 Å². The molecular formula is C9H21NO3S. The topological polar surface area (TPSA) is 57.6 Å². The van der Waals surface area contributed by atoms with Crippen LogP contribution >= 0.6 is 0 Å². The minimum atomic E-state index is -3.29. The van der Waals surface area contributed by atoms with Crippen molar-refractivity contribution in [2.45, 2.75) is 38.4 Å². The molecule has 1 unspecified atom stereocenters. The van der Waals surface area contributed by atoms with Crippen LogP contribution in [0.15, 0.2) is 0 Å². The molecule has 4 nitrogen and oxygen atoms in total. The van der Waals surface area contributed by atoms with Crippen LogP contribution in [-0.4, -0.2) is 43.3 Å². The van der Waals surface area contributed by atoms with Crippen molar-refractivity contribution in [3.63, 3.8) is 0 Å². The predicted molar refractivity (Wildman–Crippen MR) is 57.6 cm³/mol. The molecule has 0 rings (SSSR count). The number of aliphatic hydroxyl groups is 1. The second kappa shape index (κ2) is 6.37. The van der Waals surface area contributed by atoms with E-state index in [9.17, 15) is 8.42 Å². The van der Waals surface area contributed by atoms with Gasteiger partial charge in [-0.2, -0.15) is 0 Å². The third-order valence-electron chi connectivity index (χ3n) is 2.28. The highest BCUT2D eigenvalue weighted by atomic mass is 32.2. The van der Waals surface area contributed by atoms with E-state index in [-0.39, 0.29) is 6.61 Å². The highest BCUT2D eigenvalue weighted by Gasteiger charge is 2.24. The number of hydrogen-bond acceptors (Lipinski definition) is 3. The number of aliphatic hydroxyl groups excluding tert-OH is 1. The molecule has 0 radical (unpaired) electrons. The first-order valence-corrected chi connectivity index (χ1v) is 6.53. The molecule has 0 aromatic rings. The molecular weight excluding hydrogens is 202 g/mol. The van der Waals surface area contributed by atoms with Crippen LogP contribution < -0.4 is 0 Å². The minimum absolute atomic E-state index is 0.319. The Kier molecular flexibility index (Phi) is 6.31. The van der Waals surface area contributed by atoms with Crippen LogP contribution in [0.2, 0.25) is 0 Å². The standard InChI is InChI=1S/C9H21NO3S/c1-4-5-6-7-10(3)14(12,13)9(2)8-11/h9,11H,4-8H2,1-3H3. The quantitative estimate of drug-likeness (QED) is 0.650. The van der Waals surface area contributed by atoms with Gasteiger partial charge in [0.05, 0.1) is 11.9 Å². The van der Waals surface area contributed by atoms with E-state index in [1.54, 1.807) is 7.05 Å². The number of nitrogens with zero attached hydrogens (tertiary/aromatic N) is 1. The zero-order chi connectivity index (χ0) is 11.2. The molecule has 0 heterocycles. The highest BCUT2D eigenvalue weighted by molar-refractivity contribution is 7.89. The number of sulfonamides is 1. The maximum atomic E-state index is 11.6. The Hall–Kier alpha value is -0.130. The van der Waals surface area contributed by atoms with Crippen molar-refractivity contribution < 1.29 is 13.5 Å². The SMILES string of the molecule is CCCCCN(C)S(=O)(=O)C(C)CO. The number of unbranched alkanes of at least 4 members (excludes halogenated alkanes) is 2. The van der Waals surface area contributed by atoms with Crippen molar-refractivity contribution in [1.82, 2.24) is 4.31 Å². The maximum Gasteiger partial charge on any atom is 0.218 e. The summed E-state index contributed by atoms with van der Waals surface area (Å²) in [5, 5.41) is 8.09. The normalized spacial score (nSPS) is 14.6. The zero-order valence-corrected chi connectivity index (χ0v) is 10.0. The lowest BCUT2D eigenvalue weighted by molar-refractivity contribution is 0.290. The second-order valence-electron chi connectivity index (χ2n) is 3.57. The average Bonchev–Trinajstić information content (AvgIpc) is 2.16. The van der Waals surface area contributed by atoms with E-state index in [1.165, 1.54) is 11.2 Å². The van der Waals surface area contributed by atoms with Crippen molar-refractivity contribution >= 4 is 10.0 Å². The van der Waals surface area contributed by atoms with E-state index in [0.29, 0.717) is 6.54 Å². The lowest BCUT2D eigenvalue weighted by atomic mass is 10.2. The van der Waals surface area contributed by atoms with Crippen molar-refractivity contribution in [2.24, 2.45) is 0 Å². The van der Waals surface area contributed by atoms with Gasteiger partial charge in [0.1, 0.15) is 0 Å². The van der Waals surface area contributed by atoms with Crippen molar-refractivity contribution in [1.29, 1.82) is 0 Å². The predicted octanol–water partition coefficient (Wildman–Crippen LogP) is 0.819. The summed E-state index contributed by atoms with van der Waals surface area (Å²) in [5.41, 5.74) is 0. The van der Waals surface area contributed by atoms with Gasteiger partial charge >= 0.3 is 0 Å². The maximum absolute atomic E-state index is 11.6. The molecule has 14 heavy (non-hydrogen) atoms. The average molecular weight is 223 g/mol. The van der Waals surface area contributed by atoms with Crippen LogP contribution in [0.5, 0.6) is 0 Å². The second-order valence-corrected chi connectivity index (χ2v) is 6.02. The highest BCUT2D eigenvalue weighted by Crippen LogP contribution is 2.08. The monoisotopic (exact) mass is 223 g/mol. The molecule has 0 amide bonds. The molecule has 5 heteroatoms. The van der Waals surface area contributed by atoms with Crippen molar-refractivity contribution in [2.75, 3.05) is 20.2 Å². The van der Waals surface area contributed by atoms with Crippen LogP contribution in [0, 0.1) is 0 Å². The van der Waals surface area contributed by atoms with Crippen LogP contribution in [0.25, 0.3) is 0 Å². The molecule has 1 N–H and O–H groups in total. The van der Waals surface area contributed by atoms with Gasteiger partial charge in [-0.3, -0.25) is 0 Å². The lowest BCUT2D eigenvalue weighted by Gasteiger charge is -2.20. The summed E-state index contributed by atoms with van der Waals surface area (Å²) in [6.45, 7) is 3.82. The first-order valence-electron chi connectivity index (χ1n) is 5.02. The van der Waals surface area contributed by atoms with Crippen molar-refractivity contribution in [3.8, 4) is 0 Å². The summed E-state index contributed by atoms with van der Waals surface area (Å²) in [7, 11) is -1.72. The minimum Gasteiger partial charge on any atom is -0.395 e. The van der Waals surface area contributed by atoms with Gasteiger partial charge in [-0.15, -0.1) is 0 Å². The molecule has 86 valence electrons. The van der Waals surface area contributed by atoms with Gasteiger partial charge in [-0.1, -0.05) is 19.8 Å². The number of rotatable bonds is 7. The molecule has 0 aromatic heterocycles. The Morgan fingerprint density at radius 2 is 1.93 bits per heavy atom. The molecule has 1 atom stereocenters. The third kappa shape index (κ3) is 3.94. The first-order chi connectivity index (χ1) is 6.46. The lowest BCUT2D eigenvalue weighted by Crippen LogP contribution is -2.36. The van der Waals surface area contributed by atoms with Gasteiger partial charge in [0.15, 0.2) is 0 Å². The molecule has 0 saturated carbocycles. The molecule has 0 aliphatic rings. The van der Waals surface area contributed by atoms with Crippen LogP contribution in [0.4, 0.5) is 0 Å². The van der Waals surface area contributed by atoms with E-state index in [0.717, 1.165) is 19.3 Å². The Bertz CT molecular complexity index is 238. The summed E-state index contributed by atoms with van der Waals surface area (Å²) in [5.74, 6) is 0.